The molecule has 0 aliphatic rings. The Labute approximate surface area is 123 Å². The first kappa shape index (κ1) is 14.5. The van der Waals surface area contributed by atoms with Gasteiger partial charge in [0.05, 0.1) is 5.56 Å². The van der Waals surface area contributed by atoms with Crippen LogP contribution in [-0.4, -0.2) is 12.1 Å². The third-order valence-electron chi connectivity index (χ3n) is 3.03. The molecule has 2 aromatic carbocycles. The second kappa shape index (κ2) is 6.01. The fourth-order valence-electron chi connectivity index (χ4n) is 2.06. The highest BCUT2D eigenvalue weighted by Gasteiger charge is 2.13. The molecular formula is C16H18N2OS. The van der Waals surface area contributed by atoms with Crippen LogP contribution in [0.5, 0.6) is 11.5 Å². The normalized spacial score (nSPS) is 10.3. The molecular weight excluding hydrogens is 268 g/mol. The second-order valence-electron chi connectivity index (χ2n) is 4.62. The minimum atomic E-state index is 0.0229. The van der Waals surface area contributed by atoms with Crippen molar-refractivity contribution in [3.05, 3.63) is 53.1 Å². The first-order chi connectivity index (χ1) is 9.52. The molecule has 0 aliphatic heterocycles. The summed E-state index contributed by atoms with van der Waals surface area (Å²) in [4.78, 5) is 0.944. The number of hydrogen-bond acceptors (Lipinski definition) is 3. The maximum Gasteiger partial charge on any atom is 0.139 e. The Morgan fingerprint density at radius 2 is 1.90 bits per heavy atom. The van der Waals surface area contributed by atoms with Crippen molar-refractivity contribution in [1.29, 1.82) is 5.41 Å². The Bertz CT molecular complexity index is 653. The van der Waals surface area contributed by atoms with Crippen LogP contribution in [0.25, 0.3) is 0 Å². The quantitative estimate of drug-likeness (QED) is 0.505. The minimum Gasteiger partial charge on any atom is -0.456 e. The molecule has 0 bridgehead atoms. The van der Waals surface area contributed by atoms with Crippen LogP contribution in [0.2, 0.25) is 0 Å². The maximum absolute atomic E-state index is 7.76. The molecule has 104 valence electrons. The van der Waals surface area contributed by atoms with Gasteiger partial charge >= 0.3 is 0 Å². The molecule has 2 rings (SSSR count). The smallest absolute Gasteiger partial charge is 0.139 e. The number of thioether (sulfide) groups is 1. The standard InChI is InChI=1S/C16H18N2OS/c1-10-7-8-12(11(2)9-10)19-13-5-4-6-14(20-3)15(13)16(17)18/h4-9H,1-3H3,(H3,17,18). The summed E-state index contributed by atoms with van der Waals surface area (Å²) in [5.74, 6) is 1.43. The molecule has 0 saturated carbocycles. The Hall–Kier alpha value is -1.94. The molecule has 20 heavy (non-hydrogen) atoms. The minimum absolute atomic E-state index is 0.0229. The van der Waals surface area contributed by atoms with E-state index < -0.39 is 0 Å². The number of nitrogens with one attached hydrogen (secondary N) is 1. The largest absolute Gasteiger partial charge is 0.456 e. The van der Waals surface area contributed by atoms with Crippen molar-refractivity contribution in [3.63, 3.8) is 0 Å². The molecule has 0 heterocycles. The summed E-state index contributed by atoms with van der Waals surface area (Å²) < 4.78 is 5.96. The molecule has 0 spiro atoms. The maximum atomic E-state index is 7.76. The predicted molar refractivity (Wildman–Crippen MR) is 85.2 cm³/mol. The summed E-state index contributed by atoms with van der Waals surface area (Å²) in [7, 11) is 0. The summed E-state index contributed by atoms with van der Waals surface area (Å²) in [6.07, 6.45) is 1.96. The lowest BCUT2D eigenvalue weighted by Crippen LogP contribution is -2.13. The topological polar surface area (TPSA) is 59.1 Å². The van der Waals surface area contributed by atoms with Gasteiger partial charge in [0.15, 0.2) is 0 Å². The highest BCUT2D eigenvalue weighted by Crippen LogP contribution is 2.33. The van der Waals surface area contributed by atoms with Crippen molar-refractivity contribution in [2.75, 3.05) is 6.26 Å². The van der Waals surface area contributed by atoms with E-state index in [4.69, 9.17) is 15.9 Å². The Balaban J connectivity index is 2.45. The number of ether oxygens (including phenoxy) is 1. The van der Waals surface area contributed by atoms with Gasteiger partial charge < -0.3 is 10.5 Å². The first-order valence-electron chi connectivity index (χ1n) is 6.29. The summed E-state index contributed by atoms with van der Waals surface area (Å²) in [6, 6.07) is 11.7. The second-order valence-corrected chi connectivity index (χ2v) is 5.47. The van der Waals surface area contributed by atoms with Crippen LogP contribution in [0.1, 0.15) is 16.7 Å². The van der Waals surface area contributed by atoms with Crippen molar-refractivity contribution in [3.8, 4) is 11.5 Å². The third-order valence-corrected chi connectivity index (χ3v) is 3.81. The number of nitrogens with two attached hydrogens (primary N) is 1. The molecule has 2 aromatic rings. The van der Waals surface area contributed by atoms with Gasteiger partial charge in [-0.05, 0) is 43.9 Å². The Morgan fingerprint density at radius 1 is 1.15 bits per heavy atom. The molecule has 0 saturated heterocycles. The van der Waals surface area contributed by atoms with Crippen LogP contribution in [0, 0.1) is 19.3 Å². The van der Waals surface area contributed by atoms with Crippen LogP contribution in [-0.2, 0) is 0 Å². The Morgan fingerprint density at radius 3 is 2.50 bits per heavy atom. The van der Waals surface area contributed by atoms with Gasteiger partial charge in [0.25, 0.3) is 0 Å². The monoisotopic (exact) mass is 286 g/mol. The zero-order valence-corrected chi connectivity index (χ0v) is 12.7. The third kappa shape index (κ3) is 2.96. The molecule has 3 nitrogen and oxygen atoms in total. The van der Waals surface area contributed by atoms with E-state index >= 15 is 0 Å². The first-order valence-corrected chi connectivity index (χ1v) is 7.52. The van der Waals surface area contributed by atoms with Crippen LogP contribution in [0.4, 0.5) is 0 Å². The summed E-state index contributed by atoms with van der Waals surface area (Å²) in [6.45, 7) is 4.06. The van der Waals surface area contributed by atoms with Crippen LogP contribution in [0.3, 0.4) is 0 Å². The van der Waals surface area contributed by atoms with Gasteiger partial charge in [-0.3, -0.25) is 5.41 Å². The zero-order valence-electron chi connectivity index (χ0n) is 11.9. The van der Waals surface area contributed by atoms with E-state index in [2.05, 4.69) is 6.07 Å². The molecule has 0 amide bonds. The molecule has 0 atom stereocenters. The number of amidine groups is 1. The van der Waals surface area contributed by atoms with Crippen molar-refractivity contribution in [2.45, 2.75) is 18.7 Å². The predicted octanol–water partition coefficient (Wildman–Crippen LogP) is 4.10. The highest BCUT2D eigenvalue weighted by molar-refractivity contribution is 7.98. The number of hydrogen-bond donors (Lipinski definition) is 2. The molecule has 0 radical (unpaired) electrons. The van der Waals surface area contributed by atoms with Gasteiger partial charge in [0, 0.05) is 4.90 Å². The number of aryl methyl sites for hydroxylation is 2. The van der Waals surface area contributed by atoms with E-state index in [1.807, 2.05) is 50.4 Å². The molecule has 0 fully saturated rings. The van der Waals surface area contributed by atoms with Crippen molar-refractivity contribution >= 4 is 17.6 Å². The van der Waals surface area contributed by atoms with Crippen molar-refractivity contribution < 1.29 is 4.74 Å². The van der Waals surface area contributed by atoms with Gasteiger partial charge in [-0.2, -0.15) is 0 Å². The summed E-state index contributed by atoms with van der Waals surface area (Å²) in [5, 5.41) is 7.76. The van der Waals surface area contributed by atoms with E-state index in [0.717, 1.165) is 16.2 Å². The fourth-order valence-corrected chi connectivity index (χ4v) is 2.69. The van der Waals surface area contributed by atoms with E-state index in [-0.39, 0.29) is 5.84 Å². The number of nitrogen functional groups attached to an aromatic ring is 1. The van der Waals surface area contributed by atoms with Gasteiger partial charge in [0.1, 0.15) is 17.3 Å². The van der Waals surface area contributed by atoms with Crippen LogP contribution in [0.15, 0.2) is 41.3 Å². The van der Waals surface area contributed by atoms with Gasteiger partial charge in [-0.15, -0.1) is 11.8 Å². The van der Waals surface area contributed by atoms with Gasteiger partial charge in [-0.25, -0.2) is 0 Å². The van der Waals surface area contributed by atoms with E-state index in [1.165, 1.54) is 5.56 Å². The fraction of sp³-hybridized carbons (Fsp3) is 0.188. The Kier molecular flexibility index (Phi) is 4.35. The number of benzene rings is 2. The van der Waals surface area contributed by atoms with Gasteiger partial charge in [0.2, 0.25) is 0 Å². The SMILES string of the molecule is CSc1cccc(Oc2ccc(C)cc2C)c1C(=N)N. The lowest BCUT2D eigenvalue weighted by molar-refractivity contribution is 0.476. The summed E-state index contributed by atoms with van der Waals surface area (Å²) in [5.41, 5.74) is 8.61. The molecule has 0 aliphatic carbocycles. The van der Waals surface area contributed by atoms with E-state index in [9.17, 15) is 0 Å². The van der Waals surface area contributed by atoms with Crippen LogP contribution >= 0.6 is 11.8 Å². The van der Waals surface area contributed by atoms with E-state index in [1.54, 1.807) is 11.8 Å². The highest BCUT2D eigenvalue weighted by atomic mass is 32.2. The summed E-state index contributed by atoms with van der Waals surface area (Å²) >= 11 is 1.55. The molecule has 4 heteroatoms. The van der Waals surface area contributed by atoms with E-state index in [0.29, 0.717) is 11.3 Å². The van der Waals surface area contributed by atoms with Crippen molar-refractivity contribution in [2.24, 2.45) is 5.73 Å². The van der Waals surface area contributed by atoms with Crippen molar-refractivity contribution in [1.82, 2.24) is 0 Å². The molecule has 0 aromatic heterocycles. The molecule has 3 N–H and O–H groups in total. The lowest BCUT2D eigenvalue weighted by atomic mass is 10.1. The average Bonchev–Trinajstić information content (AvgIpc) is 2.41. The number of rotatable bonds is 4. The molecule has 0 unspecified atom stereocenters. The zero-order chi connectivity index (χ0) is 14.7. The van der Waals surface area contributed by atoms with Crippen LogP contribution < -0.4 is 10.5 Å². The lowest BCUT2D eigenvalue weighted by Gasteiger charge is -2.15. The van der Waals surface area contributed by atoms with Gasteiger partial charge in [-0.1, -0.05) is 23.8 Å². The average molecular weight is 286 g/mol.